The van der Waals surface area contributed by atoms with Crippen LogP contribution in [-0.4, -0.2) is 38.8 Å². The molecule has 4 nitrogen and oxygen atoms in total. The fraction of sp³-hybridized carbons (Fsp3) is 1.00. The minimum atomic E-state index is -0.938. The third-order valence-corrected chi connectivity index (χ3v) is 10.6. The topological polar surface area (TPSA) is 36.9 Å². The van der Waals surface area contributed by atoms with E-state index >= 15 is 0 Å². The zero-order valence-corrected chi connectivity index (χ0v) is 21.5. The summed E-state index contributed by atoms with van der Waals surface area (Å²) >= 11 is 0. The molecule has 0 aromatic rings. The Labute approximate surface area is 175 Å². The maximum Gasteiger partial charge on any atom is 0.167 e. The van der Waals surface area contributed by atoms with Crippen LogP contribution in [0.4, 0.5) is 0 Å². The highest BCUT2D eigenvalue weighted by Crippen LogP contribution is 2.63. The molecule has 0 aromatic carbocycles. The minimum Gasteiger partial charge on any atom is -0.334 e. The first-order valence-electron chi connectivity index (χ1n) is 10.8. The van der Waals surface area contributed by atoms with Crippen molar-refractivity contribution in [2.75, 3.05) is 26.5 Å². The Morgan fingerprint density at radius 2 is 1.36 bits per heavy atom. The molecule has 0 amide bonds. The minimum absolute atomic E-state index is 0.0130. The molecule has 1 saturated heterocycles. The fourth-order valence-electron chi connectivity index (χ4n) is 6.08. The van der Waals surface area contributed by atoms with Crippen LogP contribution in [0, 0.1) is 33.5 Å². The number of hydrogen-bond donors (Lipinski definition) is 0. The van der Waals surface area contributed by atoms with Gasteiger partial charge in [-0.15, -0.1) is 0 Å². The number of rotatable bonds is 0. The van der Waals surface area contributed by atoms with Gasteiger partial charge in [0.1, 0.15) is 0 Å². The smallest absolute Gasteiger partial charge is 0.167 e. The van der Waals surface area contributed by atoms with E-state index in [0.29, 0.717) is 18.4 Å². The van der Waals surface area contributed by atoms with Gasteiger partial charge in [0.05, 0.1) is 25.4 Å². The summed E-state index contributed by atoms with van der Waals surface area (Å²) in [7, 11) is -1.86. The van der Waals surface area contributed by atoms with Gasteiger partial charge >= 0.3 is 0 Å². The van der Waals surface area contributed by atoms with Gasteiger partial charge < -0.3 is 18.1 Å². The van der Waals surface area contributed by atoms with Crippen molar-refractivity contribution >= 4 is 16.8 Å². The van der Waals surface area contributed by atoms with Crippen molar-refractivity contribution in [3.8, 4) is 0 Å². The molecule has 0 N–H and O–H groups in total. The molecule has 0 radical (unpaired) electrons. The van der Waals surface area contributed by atoms with Crippen LogP contribution in [-0.2, 0) is 18.1 Å². The van der Waals surface area contributed by atoms with E-state index in [0.717, 1.165) is 19.4 Å². The van der Waals surface area contributed by atoms with E-state index in [1.807, 2.05) is 0 Å². The van der Waals surface area contributed by atoms with Crippen LogP contribution in [0.25, 0.3) is 0 Å². The molecule has 1 heterocycles. The van der Waals surface area contributed by atoms with Crippen molar-refractivity contribution in [2.24, 2.45) is 33.5 Å². The first-order valence-corrected chi connectivity index (χ1v) is 14.0. The van der Waals surface area contributed by atoms with Crippen LogP contribution in [0.5, 0.6) is 0 Å². The molecule has 2 bridgehead atoms. The Morgan fingerprint density at radius 3 is 2.00 bits per heavy atom. The van der Waals surface area contributed by atoms with E-state index in [1.165, 1.54) is 0 Å². The summed E-state index contributed by atoms with van der Waals surface area (Å²) in [6.45, 7) is 24.4. The molecular weight excluding hydrogens is 390 g/mol. The Kier molecular flexibility index (Phi) is 6.41. The lowest BCUT2D eigenvalue weighted by atomic mass is 9.69. The molecule has 2 saturated carbocycles. The molecule has 1 aliphatic heterocycles. The molecule has 0 aromatic heterocycles. The summed E-state index contributed by atoms with van der Waals surface area (Å²) in [5.74, 6) is 1.08. The van der Waals surface area contributed by atoms with Crippen LogP contribution in [0.15, 0.2) is 0 Å². The van der Waals surface area contributed by atoms with Gasteiger partial charge in [-0.3, -0.25) is 0 Å². The molecular formula is C22H42O4P2. The second-order valence-corrected chi connectivity index (χ2v) is 14.2. The van der Waals surface area contributed by atoms with Gasteiger partial charge in [-0.25, -0.2) is 0 Å². The van der Waals surface area contributed by atoms with Gasteiger partial charge in [-0.05, 0) is 40.9 Å². The van der Waals surface area contributed by atoms with Crippen LogP contribution in [0.2, 0.25) is 0 Å². The highest BCUT2D eigenvalue weighted by Gasteiger charge is 2.58. The first kappa shape index (κ1) is 23.4. The maximum atomic E-state index is 6.69. The Balaban J connectivity index is 1.91. The second-order valence-electron chi connectivity index (χ2n) is 11.5. The van der Waals surface area contributed by atoms with Crippen LogP contribution in [0.1, 0.15) is 68.2 Å². The largest absolute Gasteiger partial charge is 0.334 e. The fourth-order valence-corrected chi connectivity index (χ4v) is 8.76. The standard InChI is InChI=1S/C22H42O4P2/c1-15-11-22(8)14-24-28(10)26-18-19(3,4)16(2)12-21(18,7)13-23-27(9)25-17(15)20(22,5)6/h15-18H,11-14H2,1-10H3/t15-,16-,17+,18+,21-,22-,27?,28?/m1/s1. The third kappa shape index (κ3) is 3.85. The second kappa shape index (κ2) is 7.68. The zero-order valence-electron chi connectivity index (χ0n) is 19.7. The molecule has 0 spiro atoms. The Morgan fingerprint density at radius 1 is 0.786 bits per heavy atom. The first-order chi connectivity index (χ1) is 12.7. The van der Waals surface area contributed by atoms with Crippen molar-refractivity contribution in [3.05, 3.63) is 0 Å². The van der Waals surface area contributed by atoms with Gasteiger partial charge in [0.2, 0.25) is 0 Å². The van der Waals surface area contributed by atoms with Gasteiger partial charge in [0.25, 0.3) is 0 Å². The molecule has 3 fully saturated rings. The van der Waals surface area contributed by atoms with E-state index in [4.69, 9.17) is 18.1 Å². The van der Waals surface area contributed by atoms with Crippen LogP contribution >= 0.6 is 16.8 Å². The number of fused-ring (bicyclic) bond motifs is 3. The molecule has 3 rings (SSSR count). The van der Waals surface area contributed by atoms with E-state index in [1.54, 1.807) is 0 Å². The quantitative estimate of drug-likeness (QED) is 0.393. The summed E-state index contributed by atoms with van der Waals surface area (Å²) < 4.78 is 26.1. The molecule has 164 valence electrons. The van der Waals surface area contributed by atoms with E-state index in [2.05, 4.69) is 68.7 Å². The normalized spacial score (nSPS) is 51.6. The highest BCUT2D eigenvalue weighted by molar-refractivity contribution is 7.46. The summed E-state index contributed by atoms with van der Waals surface area (Å²) in [4.78, 5) is 0. The predicted molar refractivity (Wildman–Crippen MR) is 119 cm³/mol. The van der Waals surface area contributed by atoms with Crippen molar-refractivity contribution in [1.29, 1.82) is 0 Å². The molecule has 3 aliphatic rings. The maximum absolute atomic E-state index is 6.69. The highest BCUT2D eigenvalue weighted by atomic mass is 31.2. The van der Waals surface area contributed by atoms with Crippen molar-refractivity contribution in [2.45, 2.75) is 80.4 Å². The van der Waals surface area contributed by atoms with Crippen molar-refractivity contribution in [3.63, 3.8) is 0 Å². The van der Waals surface area contributed by atoms with E-state index in [-0.39, 0.29) is 33.9 Å². The summed E-state index contributed by atoms with van der Waals surface area (Å²) in [6.07, 6.45) is 2.55. The summed E-state index contributed by atoms with van der Waals surface area (Å²) in [6, 6.07) is 0. The lowest BCUT2D eigenvalue weighted by Crippen LogP contribution is -2.41. The monoisotopic (exact) mass is 432 g/mol. The Bertz CT molecular complexity index is 583. The lowest BCUT2D eigenvalue weighted by Gasteiger charge is -2.42. The van der Waals surface area contributed by atoms with Gasteiger partial charge in [0, 0.05) is 18.7 Å². The van der Waals surface area contributed by atoms with Crippen LogP contribution in [0.3, 0.4) is 0 Å². The average molecular weight is 433 g/mol. The molecule has 2 aliphatic carbocycles. The van der Waals surface area contributed by atoms with Gasteiger partial charge in [-0.1, -0.05) is 55.4 Å². The van der Waals surface area contributed by atoms with Gasteiger partial charge in [-0.2, -0.15) is 0 Å². The zero-order chi connectivity index (χ0) is 21.1. The summed E-state index contributed by atoms with van der Waals surface area (Å²) in [5.41, 5.74) is 0.195. The molecule has 6 heteroatoms. The van der Waals surface area contributed by atoms with E-state index < -0.39 is 16.8 Å². The molecule has 8 atom stereocenters. The van der Waals surface area contributed by atoms with Gasteiger partial charge in [0.15, 0.2) is 16.8 Å². The predicted octanol–water partition coefficient (Wildman–Crippen LogP) is 6.83. The molecule has 2 unspecified atom stereocenters. The van der Waals surface area contributed by atoms with E-state index in [9.17, 15) is 0 Å². The van der Waals surface area contributed by atoms with Crippen molar-refractivity contribution in [1.82, 2.24) is 0 Å². The molecule has 28 heavy (non-hydrogen) atoms. The number of hydrogen-bond acceptors (Lipinski definition) is 4. The summed E-state index contributed by atoms with van der Waals surface area (Å²) in [5, 5.41) is 0. The van der Waals surface area contributed by atoms with Crippen molar-refractivity contribution < 1.29 is 18.1 Å². The lowest BCUT2D eigenvalue weighted by molar-refractivity contribution is -0.0132. The Hall–Kier alpha value is 0.700. The van der Waals surface area contributed by atoms with Crippen LogP contribution < -0.4 is 0 Å². The average Bonchev–Trinajstić information content (AvgIpc) is 2.85. The third-order valence-electron chi connectivity index (χ3n) is 8.56. The SMILES string of the molecule is C[C@@H]1C[C@]2(C)COP(C)O[C@H]3C(C)(C)[C@H](C)C[C@]3(C)COP(C)O[C@@H]1C2(C)C.